The number of imide groups is 1. The van der Waals surface area contributed by atoms with E-state index in [2.05, 4.69) is 10.3 Å². The van der Waals surface area contributed by atoms with Crippen LogP contribution in [-0.4, -0.2) is 48.5 Å². The third-order valence-electron chi connectivity index (χ3n) is 7.79. The summed E-state index contributed by atoms with van der Waals surface area (Å²) in [4.78, 5) is 47.4. The number of carbonyl (C=O) groups is 3. The first kappa shape index (κ1) is 24.5. The molecule has 2 aliphatic rings. The van der Waals surface area contributed by atoms with Crippen LogP contribution in [0.4, 0.5) is 10.5 Å². The number of urea groups is 1. The Balaban J connectivity index is 1.33. The minimum Gasteiger partial charge on any atom is -0.497 e. The molecule has 2 N–H and O–H groups in total. The van der Waals surface area contributed by atoms with Crippen LogP contribution < -0.4 is 19.7 Å². The highest BCUT2D eigenvalue weighted by molar-refractivity contribution is 6.25. The van der Waals surface area contributed by atoms with Crippen molar-refractivity contribution in [1.29, 1.82) is 0 Å². The quantitative estimate of drug-likeness (QED) is 0.365. The van der Waals surface area contributed by atoms with E-state index < -0.39 is 23.4 Å². The fourth-order valence-corrected chi connectivity index (χ4v) is 5.73. The lowest BCUT2D eigenvalue weighted by atomic mass is 9.87. The number of ether oxygens (including phenoxy) is 2. The van der Waals surface area contributed by atoms with E-state index >= 15 is 0 Å². The number of amides is 4. The molecular formula is C30H28N4O5. The van der Waals surface area contributed by atoms with Gasteiger partial charge in [-0.25, -0.2) is 9.69 Å². The largest absolute Gasteiger partial charge is 0.497 e. The molecule has 0 radical (unpaired) electrons. The summed E-state index contributed by atoms with van der Waals surface area (Å²) in [5, 5.41) is 3.95. The fraction of sp³-hybridized carbons (Fsp3) is 0.233. The first-order chi connectivity index (χ1) is 18.9. The molecule has 198 valence electrons. The summed E-state index contributed by atoms with van der Waals surface area (Å²) in [6.07, 6.45) is 0.633. The van der Waals surface area contributed by atoms with Crippen LogP contribution >= 0.6 is 0 Å². The zero-order chi connectivity index (χ0) is 27.3. The van der Waals surface area contributed by atoms with Crippen molar-refractivity contribution in [1.82, 2.24) is 15.2 Å². The maximum atomic E-state index is 14.1. The number of anilines is 1. The minimum atomic E-state index is -1.20. The predicted octanol–water partition coefficient (Wildman–Crippen LogP) is 4.36. The molecule has 1 unspecified atom stereocenters. The molecule has 9 heteroatoms. The van der Waals surface area contributed by atoms with Gasteiger partial charge in [0.2, 0.25) is 0 Å². The third kappa shape index (κ3) is 3.64. The third-order valence-corrected chi connectivity index (χ3v) is 7.79. The van der Waals surface area contributed by atoms with Gasteiger partial charge in [-0.05, 0) is 49.2 Å². The number of hydrogen-bond donors (Lipinski definition) is 2. The molecule has 4 aromatic rings. The molecule has 1 saturated heterocycles. The van der Waals surface area contributed by atoms with Crippen molar-refractivity contribution in [2.45, 2.75) is 25.4 Å². The molecule has 4 amide bonds. The van der Waals surface area contributed by atoms with Crippen molar-refractivity contribution in [3.8, 4) is 11.5 Å². The van der Waals surface area contributed by atoms with Gasteiger partial charge in [0.05, 0.1) is 31.2 Å². The number of para-hydroxylation sites is 2. The second-order valence-electron chi connectivity index (χ2n) is 9.80. The fourth-order valence-electron chi connectivity index (χ4n) is 5.73. The number of aromatic amines is 1. The van der Waals surface area contributed by atoms with Crippen LogP contribution in [0.25, 0.3) is 10.9 Å². The van der Waals surface area contributed by atoms with Gasteiger partial charge in [-0.15, -0.1) is 0 Å². The minimum absolute atomic E-state index is 0.185. The van der Waals surface area contributed by atoms with Gasteiger partial charge in [0.1, 0.15) is 11.5 Å². The average Bonchev–Trinajstić information content (AvgIpc) is 3.44. The van der Waals surface area contributed by atoms with Gasteiger partial charge in [-0.1, -0.05) is 30.3 Å². The van der Waals surface area contributed by atoms with E-state index in [1.807, 2.05) is 30.3 Å². The highest BCUT2D eigenvalue weighted by Gasteiger charge is 2.59. The highest BCUT2D eigenvalue weighted by Crippen LogP contribution is 2.45. The molecule has 0 bridgehead atoms. The molecule has 0 spiro atoms. The Morgan fingerprint density at radius 2 is 1.79 bits per heavy atom. The van der Waals surface area contributed by atoms with Crippen LogP contribution in [-0.2, 0) is 23.3 Å². The first-order valence-electron chi connectivity index (χ1n) is 12.7. The Kier molecular flexibility index (Phi) is 5.79. The summed E-state index contributed by atoms with van der Waals surface area (Å²) in [5.41, 5.74) is 2.73. The van der Waals surface area contributed by atoms with Gasteiger partial charge in [0.15, 0.2) is 5.54 Å². The van der Waals surface area contributed by atoms with Gasteiger partial charge in [-0.2, -0.15) is 0 Å². The number of rotatable bonds is 6. The van der Waals surface area contributed by atoms with Gasteiger partial charge < -0.3 is 24.7 Å². The number of carbonyl (C=O) groups excluding carboxylic acids is 3. The Hall–Kier alpha value is -4.79. The second-order valence-corrected chi connectivity index (χ2v) is 9.80. The SMILES string of the molecule is COc1ccc(CNC(=O)c2ccccc2N2C(=O)N3CCc4c([nH]c5ccccc45)C3(C)C2=O)c(OC)c1. The molecule has 2 aliphatic heterocycles. The summed E-state index contributed by atoms with van der Waals surface area (Å²) in [6, 6.07) is 19.5. The maximum Gasteiger partial charge on any atom is 0.332 e. The number of nitrogens with zero attached hydrogens (tertiary/aromatic N) is 2. The average molecular weight is 525 g/mol. The Bertz CT molecular complexity index is 1640. The number of fused-ring (bicyclic) bond motifs is 5. The van der Waals surface area contributed by atoms with Gasteiger partial charge in [-0.3, -0.25) is 9.59 Å². The molecule has 6 rings (SSSR count). The van der Waals surface area contributed by atoms with Crippen molar-refractivity contribution in [3.63, 3.8) is 0 Å². The molecule has 39 heavy (non-hydrogen) atoms. The number of aromatic nitrogens is 1. The molecule has 3 aromatic carbocycles. The van der Waals surface area contributed by atoms with Crippen LogP contribution in [0.3, 0.4) is 0 Å². The van der Waals surface area contributed by atoms with E-state index in [0.29, 0.717) is 24.5 Å². The molecular weight excluding hydrogens is 496 g/mol. The van der Waals surface area contributed by atoms with Crippen LogP contribution in [0.1, 0.15) is 34.1 Å². The molecule has 0 aliphatic carbocycles. The van der Waals surface area contributed by atoms with Gasteiger partial charge >= 0.3 is 6.03 Å². The summed E-state index contributed by atoms with van der Waals surface area (Å²) >= 11 is 0. The Morgan fingerprint density at radius 3 is 2.59 bits per heavy atom. The van der Waals surface area contributed by atoms with Gasteiger partial charge in [0.25, 0.3) is 11.8 Å². The lowest BCUT2D eigenvalue weighted by Gasteiger charge is -2.35. The summed E-state index contributed by atoms with van der Waals surface area (Å²) in [6.45, 7) is 2.36. The Morgan fingerprint density at radius 1 is 1.03 bits per heavy atom. The number of H-pyrrole nitrogens is 1. The lowest BCUT2D eigenvalue weighted by Crippen LogP contribution is -2.49. The standard InChI is InChI=1S/C30H28N4O5/c1-30-26-21(20-8-4-6-10-23(20)32-26)14-15-33(30)29(37)34(28(30)36)24-11-7-5-9-22(24)27(35)31-17-18-12-13-19(38-2)16-25(18)39-3/h4-13,16,32H,14-15,17H2,1-3H3,(H,31,35). The van der Waals surface area contributed by atoms with E-state index in [-0.39, 0.29) is 17.8 Å². The first-order valence-corrected chi connectivity index (χ1v) is 12.7. The van der Waals surface area contributed by atoms with E-state index in [4.69, 9.17) is 9.47 Å². The summed E-state index contributed by atoms with van der Waals surface area (Å²) in [7, 11) is 3.12. The van der Waals surface area contributed by atoms with Crippen molar-refractivity contribution in [2.75, 3.05) is 25.7 Å². The molecule has 3 heterocycles. The number of methoxy groups -OCH3 is 2. The zero-order valence-electron chi connectivity index (χ0n) is 21.9. The monoisotopic (exact) mass is 524 g/mol. The molecule has 1 aromatic heterocycles. The topological polar surface area (TPSA) is 104 Å². The van der Waals surface area contributed by atoms with Crippen molar-refractivity contribution in [3.05, 3.63) is 89.1 Å². The molecule has 9 nitrogen and oxygen atoms in total. The number of benzene rings is 3. The zero-order valence-corrected chi connectivity index (χ0v) is 21.9. The summed E-state index contributed by atoms with van der Waals surface area (Å²) in [5.74, 6) is 0.413. The van der Waals surface area contributed by atoms with E-state index in [1.54, 1.807) is 62.4 Å². The lowest BCUT2D eigenvalue weighted by molar-refractivity contribution is -0.125. The maximum absolute atomic E-state index is 14.1. The van der Waals surface area contributed by atoms with E-state index in [0.717, 1.165) is 32.6 Å². The molecule has 1 fully saturated rings. The second kappa shape index (κ2) is 9.20. The predicted molar refractivity (Wildman–Crippen MR) is 146 cm³/mol. The molecule has 1 atom stereocenters. The van der Waals surface area contributed by atoms with Crippen molar-refractivity contribution < 1.29 is 23.9 Å². The normalized spacial score (nSPS) is 18.2. The van der Waals surface area contributed by atoms with Crippen molar-refractivity contribution in [2.24, 2.45) is 0 Å². The molecule has 0 saturated carbocycles. The van der Waals surface area contributed by atoms with Crippen molar-refractivity contribution >= 4 is 34.4 Å². The number of hydrogen-bond acceptors (Lipinski definition) is 5. The van der Waals surface area contributed by atoms with E-state index in [1.165, 1.54) is 0 Å². The van der Waals surface area contributed by atoms with E-state index in [9.17, 15) is 14.4 Å². The van der Waals surface area contributed by atoms with Crippen LogP contribution in [0, 0.1) is 0 Å². The van der Waals surface area contributed by atoms with Crippen LogP contribution in [0.15, 0.2) is 66.7 Å². The Labute approximate surface area is 225 Å². The highest BCUT2D eigenvalue weighted by atomic mass is 16.5. The number of nitrogens with one attached hydrogen (secondary N) is 2. The smallest absolute Gasteiger partial charge is 0.332 e. The van der Waals surface area contributed by atoms with Crippen LogP contribution in [0.2, 0.25) is 0 Å². The van der Waals surface area contributed by atoms with Crippen LogP contribution in [0.5, 0.6) is 11.5 Å². The summed E-state index contributed by atoms with van der Waals surface area (Å²) < 4.78 is 10.7. The van der Waals surface area contributed by atoms with Gasteiger partial charge in [0, 0.05) is 35.6 Å².